The fourth-order valence-corrected chi connectivity index (χ4v) is 3.96. The monoisotopic (exact) mass is 458 g/mol. The van der Waals surface area contributed by atoms with Crippen LogP contribution in [-0.4, -0.2) is 53.8 Å². The van der Waals surface area contributed by atoms with Crippen LogP contribution in [0.5, 0.6) is 0 Å². The van der Waals surface area contributed by atoms with Gasteiger partial charge in [-0.05, 0) is 24.3 Å². The fraction of sp³-hybridized carbons (Fsp3) is 0.227. The summed E-state index contributed by atoms with van der Waals surface area (Å²) in [5.74, 6) is -0.401. The molecule has 0 radical (unpaired) electrons. The number of carbonyl (C=O) groups excluding carboxylic acids is 2. The van der Waals surface area contributed by atoms with Crippen molar-refractivity contribution in [1.29, 1.82) is 0 Å². The van der Waals surface area contributed by atoms with E-state index >= 15 is 0 Å². The number of rotatable bonds is 5. The molecule has 0 unspecified atom stereocenters. The van der Waals surface area contributed by atoms with Crippen molar-refractivity contribution in [1.82, 2.24) is 14.9 Å². The van der Waals surface area contributed by atoms with E-state index in [4.69, 9.17) is 27.9 Å². The summed E-state index contributed by atoms with van der Waals surface area (Å²) in [6.07, 6.45) is 3.41. The van der Waals surface area contributed by atoms with E-state index in [9.17, 15) is 9.59 Å². The summed E-state index contributed by atoms with van der Waals surface area (Å²) in [5, 5.41) is 5.70. The Hall–Kier alpha value is -2.87. The van der Waals surface area contributed by atoms with Gasteiger partial charge in [0.25, 0.3) is 5.91 Å². The van der Waals surface area contributed by atoms with Gasteiger partial charge in [0.1, 0.15) is 6.54 Å². The number of nitrogens with zero attached hydrogens (tertiary/aromatic N) is 3. The Morgan fingerprint density at radius 3 is 2.68 bits per heavy atom. The Bertz CT molecular complexity index is 1150. The second-order valence-corrected chi connectivity index (χ2v) is 7.89. The Kier molecular flexibility index (Phi) is 6.56. The van der Waals surface area contributed by atoms with Crippen LogP contribution in [0.4, 0.5) is 0 Å². The lowest BCUT2D eigenvalue weighted by molar-refractivity contribution is -0.135. The van der Waals surface area contributed by atoms with Crippen LogP contribution < -0.4 is 5.43 Å². The minimum absolute atomic E-state index is 0.0400. The van der Waals surface area contributed by atoms with E-state index in [2.05, 4.69) is 10.5 Å². The molecule has 0 saturated carbocycles. The van der Waals surface area contributed by atoms with Crippen molar-refractivity contribution in [2.24, 2.45) is 5.10 Å². The third-order valence-electron chi connectivity index (χ3n) is 5.03. The molecule has 4 rings (SSSR count). The van der Waals surface area contributed by atoms with Crippen LogP contribution in [0.1, 0.15) is 15.9 Å². The number of hydrazone groups is 1. The third-order valence-corrected chi connectivity index (χ3v) is 5.58. The molecule has 1 saturated heterocycles. The molecular weight excluding hydrogens is 439 g/mol. The zero-order valence-electron chi connectivity index (χ0n) is 16.6. The minimum atomic E-state index is -0.441. The van der Waals surface area contributed by atoms with Crippen molar-refractivity contribution >= 4 is 52.1 Å². The SMILES string of the molecule is O=C(N/N=C/c1cn(CC(=O)N2CCOCC2)c2ccccc12)c1ccc(Cl)cc1Cl. The number of fused-ring (bicyclic) bond motifs is 1. The predicted octanol–water partition coefficient (Wildman–Crippen LogP) is 3.57. The zero-order valence-corrected chi connectivity index (χ0v) is 18.1. The zero-order chi connectivity index (χ0) is 21.8. The molecular formula is C22H20Cl2N4O3. The fourth-order valence-electron chi connectivity index (χ4n) is 3.46. The van der Waals surface area contributed by atoms with Gasteiger partial charge in [0.15, 0.2) is 0 Å². The number of hydrogen-bond acceptors (Lipinski definition) is 4. The molecule has 1 fully saturated rings. The van der Waals surface area contributed by atoms with Gasteiger partial charge in [0.05, 0.1) is 30.0 Å². The molecule has 1 aliphatic rings. The number of halogens is 2. The van der Waals surface area contributed by atoms with E-state index < -0.39 is 5.91 Å². The van der Waals surface area contributed by atoms with Crippen LogP contribution >= 0.6 is 23.2 Å². The lowest BCUT2D eigenvalue weighted by Crippen LogP contribution is -2.42. The molecule has 0 bridgehead atoms. The molecule has 2 heterocycles. The van der Waals surface area contributed by atoms with Crippen LogP contribution in [0, 0.1) is 0 Å². The lowest BCUT2D eigenvalue weighted by atomic mass is 10.2. The highest BCUT2D eigenvalue weighted by atomic mass is 35.5. The number of ether oxygens (including phenoxy) is 1. The van der Waals surface area contributed by atoms with Gasteiger partial charge in [-0.25, -0.2) is 5.43 Å². The van der Waals surface area contributed by atoms with Gasteiger partial charge in [-0.3, -0.25) is 9.59 Å². The molecule has 2 amide bonds. The van der Waals surface area contributed by atoms with Crippen LogP contribution in [-0.2, 0) is 16.1 Å². The van der Waals surface area contributed by atoms with E-state index in [0.29, 0.717) is 31.3 Å². The first kappa shape index (κ1) is 21.4. The second-order valence-electron chi connectivity index (χ2n) is 7.05. The average molecular weight is 459 g/mol. The number of para-hydroxylation sites is 1. The highest BCUT2D eigenvalue weighted by Crippen LogP contribution is 2.22. The predicted molar refractivity (Wildman–Crippen MR) is 121 cm³/mol. The highest BCUT2D eigenvalue weighted by Gasteiger charge is 2.18. The number of nitrogens with one attached hydrogen (secondary N) is 1. The van der Waals surface area contributed by atoms with Gasteiger partial charge in [-0.2, -0.15) is 5.10 Å². The number of benzene rings is 2. The highest BCUT2D eigenvalue weighted by molar-refractivity contribution is 6.36. The summed E-state index contributed by atoms with van der Waals surface area (Å²) in [6, 6.07) is 12.4. The second kappa shape index (κ2) is 9.51. The molecule has 0 aliphatic carbocycles. The van der Waals surface area contributed by atoms with Gasteiger partial charge < -0.3 is 14.2 Å². The molecule has 1 aliphatic heterocycles. The van der Waals surface area contributed by atoms with E-state index in [1.807, 2.05) is 39.9 Å². The molecule has 2 aromatic carbocycles. The minimum Gasteiger partial charge on any atom is -0.378 e. The topological polar surface area (TPSA) is 75.9 Å². The number of hydrogen-bond donors (Lipinski definition) is 1. The maximum atomic E-state index is 12.7. The maximum absolute atomic E-state index is 12.7. The van der Waals surface area contributed by atoms with Gasteiger partial charge in [0, 0.05) is 40.8 Å². The van der Waals surface area contributed by atoms with Crippen molar-refractivity contribution in [2.45, 2.75) is 6.54 Å². The summed E-state index contributed by atoms with van der Waals surface area (Å²) in [6.45, 7) is 2.55. The van der Waals surface area contributed by atoms with E-state index in [1.54, 1.807) is 18.3 Å². The van der Waals surface area contributed by atoms with Crippen molar-refractivity contribution in [3.05, 3.63) is 69.8 Å². The number of aromatic nitrogens is 1. The first-order valence-electron chi connectivity index (χ1n) is 9.75. The summed E-state index contributed by atoms with van der Waals surface area (Å²) >= 11 is 11.9. The summed E-state index contributed by atoms with van der Waals surface area (Å²) in [7, 11) is 0. The molecule has 31 heavy (non-hydrogen) atoms. The summed E-state index contributed by atoms with van der Waals surface area (Å²) < 4.78 is 7.21. The molecule has 3 aromatic rings. The van der Waals surface area contributed by atoms with Gasteiger partial charge in [0.2, 0.25) is 5.91 Å². The molecule has 0 atom stereocenters. The number of amides is 2. The normalized spacial score (nSPS) is 14.3. The number of carbonyl (C=O) groups is 2. The van der Waals surface area contributed by atoms with Crippen LogP contribution in [0.2, 0.25) is 10.0 Å². The molecule has 1 N–H and O–H groups in total. The molecule has 0 spiro atoms. The lowest BCUT2D eigenvalue weighted by Gasteiger charge is -2.27. The van der Waals surface area contributed by atoms with E-state index in [1.165, 1.54) is 6.07 Å². The molecule has 1 aromatic heterocycles. The third kappa shape index (κ3) is 4.90. The Morgan fingerprint density at radius 1 is 1.13 bits per heavy atom. The summed E-state index contributed by atoms with van der Waals surface area (Å²) in [5.41, 5.74) is 4.46. The Balaban J connectivity index is 1.51. The van der Waals surface area contributed by atoms with Gasteiger partial charge >= 0.3 is 0 Å². The van der Waals surface area contributed by atoms with Crippen molar-refractivity contribution in [2.75, 3.05) is 26.3 Å². The van der Waals surface area contributed by atoms with E-state index in [-0.39, 0.29) is 23.0 Å². The molecule has 160 valence electrons. The maximum Gasteiger partial charge on any atom is 0.272 e. The Labute approximate surface area is 189 Å². The first-order chi connectivity index (χ1) is 15.0. The quantitative estimate of drug-likeness (QED) is 0.468. The van der Waals surface area contributed by atoms with Crippen molar-refractivity contribution in [3.8, 4) is 0 Å². The largest absolute Gasteiger partial charge is 0.378 e. The average Bonchev–Trinajstić information content (AvgIpc) is 3.12. The van der Waals surface area contributed by atoms with Crippen LogP contribution in [0.3, 0.4) is 0 Å². The van der Waals surface area contributed by atoms with Crippen molar-refractivity contribution < 1.29 is 14.3 Å². The smallest absolute Gasteiger partial charge is 0.272 e. The Morgan fingerprint density at radius 2 is 1.90 bits per heavy atom. The number of morpholine rings is 1. The standard InChI is InChI=1S/C22H20Cl2N4O3/c23-16-5-6-18(19(24)11-16)22(30)26-25-12-15-13-28(20-4-2-1-3-17(15)20)14-21(29)27-7-9-31-10-8-27/h1-6,11-13H,7-10,14H2,(H,26,30)/b25-12+. The molecule has 9 heteroatoms. The van der Waals surface area contributed by atoms with Crippen LogP contribution in [0.15, 0.2) is 53.8 Å². The van der Waals surface area contributed by atoms with Crippen LogP contribution in [0.25, 0.3) is 10.9 Å². The molecule has 7 nitrogen and oxygen atoms in total. The van der Waals surface area contributed by atoms with E-state index in [0.717, 1.165) is 16.5 Å². The summed E-state index contributed by atoms with van der Waals surface area (Å²) in [4.78, 5) is 26.8. The van der Waals surface area contributed by atoms with Gasteiger partial charge in [-0.15, -0.1) is 0 Å². The van der Waals surface area contributed by atoms with Crippen molar-refractivity contribution in [3.63, 3.8) is 0 Å². The van der Waals surface area contributed by atoms with Gasteiger partial charge in [-0.1, -0.05) is 41.4 Å². The first-order valence-corrected chi connectivity index (χ1v) is 10.5.